The fraction of sp³-hybridized carbons (Fsp3) is 0.167. The lowest BCUT2D eigenvalue weighted by Crippen LogP contribution is -2.30. The number of nitrogens with zero attached hydrogens (tertiary/aromatic N) is 2. The third-order valence-electron chi connectivity index (χ3n) is 5.45. The minimum absolute atomic E-state index is 0.161. The summed E-state index contributed by atoms with van der Waals surface area (Å²) in [6.07, 6.45) is 0.415. The molecule has 1 N–H and O–H groups in total. The summed E-state index contributed by atoms with van der Waals surface area (Å²) in [5, 5.41) is 2.96. The first-order valence-electron chi connectivity index (χ1n) is 10.2. The van der Waals surface area contributed by atoms with Crippen molar-refractivity contribution < 1.29 is 22.0 Å². The van der Waals surface area contributed by atoms with Crippen LogP contribution in [0.15, 0.2) is 83.8 Å². The van der Waals surface area contributed by atoms with Crippen LogP contribution in [0.3, 0.4) is 0 Å². The quantitative estimate of drug-likeness (QED) is 0.438. The van der Waals surface area contributed by atoms with Crippen LogP contribution in [0.4, 0.5) is 8.78 Å². The van der Waals surface area contributed by atoms with Crippen LogP contribution < -0.4 is 5.32 Å². The number of rotatable bonds is 7. The Morgan fingerprint density at radius 2 is 1.61 bits per heavy atom. The number of carbonyl (C=O) groups is 1. The lowest BCUT2D eigenvalue weighted by atomic mass is 10.0. The van der Waals surface area contributed by atoms with Crippen molar-refractivity contribution in [3.05, 3.63) is 95.8 Å². The van der Waals surface area contributed by atoms with E-state index in [1.165, 1.54) is 12.1 Å². The second-order valence-corrected chi connectivity index (χ2v) is 9.46. The first kappa shape index (κ1) is 22.6. The molecule has 4 rings (SSSR count). The molecule has 33 heavy (non-hydrogen) atoms. The van der Waals surface area contributed by atoms with E-state index >= 15 is 0 Å². The molecule has 1 heterocycles. The molecule has 170 valence electrons. The molecule has 0 unspecified atom stereocenters. The number of aromatic nitrogens is 2. The van der Waals surface area contributed by atoms with Gasteiger partial charge < -0.3 is 9.88 Å². The summed E-state index contributed by atoms with van der Waals surface area (Å²) in [5.41, 5.74) is 2.86. The van der Waals surface area contributed by atoms with Gasteiger partial charge in [0.15, 0.2) is 0 Å². The van der Waals surface area contributed by atoms with E-state index in [-0.39, 0.29) is 5.56 Å². The minimum Gasteiger partial charge on any atom is -0.345 e. The Morgan fingerprint density at radius 3 is 2.24 bits per heavy atom. The molecule has 4 aromatic rings. The van der Waals surface area contributed by atoms with Crippen LogP contribution in [0.25, 0.3) is 11.0 Å². The molecule has 0 saturated carbocycles. The molecule has 1 atom stereocenters. The number of hydrogen-bond donors (Lipinski definition) is 1. The molecule has 6 nitrogen and oxygen atoms in total. The SMILES string of the molecule is Cn1c(C[C@@H](NC(=O)c2ccc(S(=O)(=O)C(F)F)cc2)c2ccccc2)nc2ccccc21. The van der Waals surface area contributed by atoms with E-state index in [2.05, 4.69) is 10.3 Å². The second-order valence-electron chi connectivity index (χ2n) is 7.55. The number of alkyl halides is 2. The van der Waals surface area contributed by atoms with Crippen LogP contribution in [0.2, 0.25) is 0 Å². The number of amides is 1. The van der Waals surface area contributed by atoms with Gasteiger partial charge in [0, 0.05) is 19.0 Å². The molecule has 1 amide bonds. The van der Waals surface area contributed by atoms with Gasteiger partial charge in [0.1, 0.15) is 5.82 Å². The highest BCUT2D eigenvalue weighted by Crippen LogP contribution is 2.23. The van der Waals surface area contributed by atoms with E-state index in [0.717, 1.165) is 34.6 Å². The van der Waals surface area contributed by atoms with Crippen LogP contribution in [0.5, 0.6) is 0 Å². The highest BCUT2D eigenvalue weighted by Gasteiger charge is 2.27. The van der Waals surface area contributed by atoms with Gasteiger partial charge in [-0.15, -0.1) is 0 Å². The highest BCUT2D eigenvalue weighted by molar-refractivity contribution is 7.91. The molecule has 9 heteroatoms. The smallest absolute Gasteiger partial charge is 0.341 e. The van der Waals surface area contributed by atoms with Crippen LogP contribution in [0, 0.1) is 0 Å². The second kappa shape index (κ2) is 9.11. The number of aryl methyl sites for hydroxylation is 1. The zero-order valence-corrected chi connectivity index (χ0v) is 18.5. The van der Waals surface area contributed by atoms with Gasteiger partial charge in [-0.3, -0.25) is 4.79 Å². The number of imidazole rings is 1. The topological polar surface area (TPSA) is 81.1 Å². The molecule has 0 bridgehead atoms. The van der Waals surface area contributed by atoms with Gasteiger partial charge in [0.05, 0.1) is 22.0 Å². The van der Waals surface area contributed by atoms with Crippen LogP contribution in [0.1, 0.15) is 27.8 Å². The molecule has 0 aliphatic rings. The Morgan fingerprint density at radius 1 is 0.970 bits per heavy atom. The van der Waals surface area contributed by atoms with Crippen molar-refractivity contribution in [3.63, 3.8) is 0 Å². The van der Waals surface area contributed by atoms with Crippen molar-refractivity contribution in [1.29, 1.82) is 0 Å². The molecule has 0 radical (unpaired) electrons. The Hall–Kier alpha value is -3.59. The van der Waals surface area contributed by atoms with Crippen molar-refractivity contribution >= 4 is 26.8 Å². The summed E-state index contributed by atoms with van der Waals surface area (Å²) < 4.78 is 50.7. The summed E-state index contributed by atoms with van der Waals surface area (Å²) in [6, 6.07) is 21.2. The largest absolute Gasteiger partial charge is 0.345 e. The highest BCUT2D eigenvalue weighted by atomic mass is 32.2. The fourth-order valence-corrected chi connectivity index (χ4v) is 4.36. The van der Waals surface area contributed by atoms with Gasteiger partial charge in [-0.25, -0.2) is 13.4 Å². The van der Waals surface area contributed by atoms with Crippen LogP contribution in [-0.2, 0) is 23.3 Å². The summed E-state index contributed by atoms with van der Waals surface area (Å²) in [7, 11) is -2.81. The normalized spacial score (nSPS) is 12.7. The Balaban J connectivity index is 1.61. The van der Waals surface area contributed by atoms with Crippen molar-refractivity contribution in [2.75, 3.05) is 0 Å². The average Bonchev–Trinajstić information content (AvgIpc) is 3.14. The first-order chi connectivity index (χ1) is 15.8. The van der Waals surface area contributed by atoms with Crippen molar-refractivity contribution in [2.24, 2.45) is 7.05 Å². The maximum Gasteiger partial charge on any atom is 0.341 e. The number of sulfone groups is 1. The predicted molar refractivity (Wildman–Crippen MR) is 121 cm³/mol. The molecular weight excluding hydrogens is 448 g/mol. The molecule has 0 saturated heterocycles. The van der Waals surface area contributed by atoms with Gasteiger partial charge in [-0.1, -0.05) is 42.5 Å². The van der Waals surface area contributed by atoms with Gasteiger partial charge in [0.25, 0.3) is 5.91 Å². The number of hydrogen-bond acceptors (Lipinski definition) is 4. The van der Waals surface area contributed by atoms with E-state index in [1.54, 1.807) is 0 Å². The molecule has 0 aliphatic carbocycles. The Kier molecular flexibility index (Phi) is 6.24. The Labute approximate surface area is 189 Å². The van der Waals surface area contributed by atoms with Crippen molar-refractivity contribution in [3.8, 4) is 0 Å². The van der Waals surface area contributed by atoms with Crippen molar-refractivity contribution in [1.82, 2.24) is 14.9 Å². The first-order valence-corrected chi connectivity index (χ1v) is 11.7. The maximum absolute atomic E-state index is 12.9. The number of carbonyl (C=O) groups excluding carboxylic acids is 1. The molecule has 0 aliphatic heterocycles. The van der Waals surface area contributed by atoms with Gasteiger partial charge in [-0.05, 0) is 42.0 Å². The molecular formula is C24H21F2N3O3S. The number of para-hydroxylation sites is 2. The monoisotopic (exact) mass is 469 g/mol. The lowest BCUT2D eigenvalue weighted by molar-refractivity contribution is 0.0936. The Bertz CT molecular complexity index is 1390. The number of nitrogens with one attached hydrogen (secondary N) is 1. The fourth-order valence-electron chi connectivity index (χ4n) is 3.64. The minimum atomic E-state index is -4.72. The maximum atomic E-state index is 12.9. The lowest BCUT2D eigenvalue weighted by Gasteiger charge is -2.19. The zero-order chi connectivity index (χ0) is 23.6. The molecule has 0 fully saturated rings. The van der Waals surface area contributed by atoms with Crippen molar-refractivity contribution in [2.45, 2.75) is 23.1 Å². The number of halogens is 2. The van der Waals surface area contributed by atoms with E-state index in [4.69, 9.17) is 0 Å². The van der Waals surface area contributed by atoms with Crippen LogP contribution in [-0.4, -0.2) is 29.6 Å². The molecule has 0 spiro atoms. The summed E-state index contributed by atoms with van der Waals surface area (Å²) in [6.45, 7) is 0. The van der Waals surface area contributed by atoms with Gasteiger partial charge >= 0.3 is 5.76 Å². The van der Waals surface area contributed by atoms with E-state index in [0.29, 0.717) is 6.42 Å². The summed E-state index contributed by atoms with van der Waals surface area (Å²) in [5.74, 6) is -3.19. The predicted octanol–water partition coefficient (Wildman–Crippen LogP) is 4.28. The van der Waals surface area contributed by atoms with Gasteiger partial charge in [-0.2, -0.15) is 8.78 Å². The number of fused-ring (bicyclic) bond motifs is 1. The third-order valence-corrected chi connectivity index (χ3v) is 6.85. The van der Waals surface area contributed by atoms with E-state index in [9.17, 15) is 22.0 Å². The average molecular weight is 470 g/mol. The van der Waals surface area contributed by atoms with E-state index in [1.807, 2.05) is 66.2 Å². The number of benzene rings is 3. The van der Waals surface area contributed by atoms with Crippen LogP contribution >= 0.6 is 0 Å². The molecule has 1 aromatic heterocycles. The standard InChI is InChI=1S/C24H21F2N3O3S/c1-29-21-10-6-5-9-19(21)27-22(29)15-20(16-7-3-2-4-8-16)28-23(30)17-11-13-18(14-12-17)33(31,32)24(25)26/h2-14,20,24H,15H2,1H3,(H,28,30)/t20-/m1/s1. The zero-order valence-electron chi connectivity index (χ0n) is 17.7. The van der Waals surface area contributed by atoms with E-state index < -0.39 is 32.4 Å². The molecule has 3 aromatic carbocycles. The summed E-state index contributed by atoms with van der Waals surface area (Å²) >= 11 is 0. The third kappa shape index (κ3) is 4.63. The summed E-state index contributed by atoms with van der Waals surface area (Å²) in [4.78, 5) is 17.1. The van der Waals surface area contributed by atoms with Gasteiger partial charge in [0.2, 0.25) is 9.84 Å².